The predicted octanol–water partition coefficient (Wildman–Crippen LogP) is 2.54. The van der Waals surface area contributed by atoms with Gasteiger partial charge in [0.2, 0.25) is 0 Å². The maximum Gasteiger partial charge on any atom is 0.339 e. The fraction of sp³-hybridized carbons (Fsp3) is 0.667. The lowest BCUT2D eigenvalue weighted by atomic mass is 10.2. The Labute approximate surface area is 76.6 Å². The van der Waals surface area contributed by atoms with Crippen LogP contribution in [-0.2, 0) is 9.53 Å². The number of alkyl halides is 2. The van der Waals surface area contributed by atoms with Gasteiger partial charge in [0, 0.05) is 6.92 Å². The van der Waals surface area contributed by atoms with Crippen LogP contribution in [0.25, 0.3) is 0 Å². The summed E-state index contributed by atoms with van der Waals surface area (Å²) in [6.07, 6.45) is 1.52. The first-order valence-corrected chi connectivity index (χ1v) is 4.14. The quantitative estimate of drug-likeness (QED) is 0.380. The maximum atomic E-state index is 12.5. The van der Waals surface area contributed by atoms with Crippen LogP contribution in [0.4, 0.5) is 8.78 Å². The van der Waals surface area contributed by atoms with E-state index >= 15 is 0 Å². The third kappa shape index (κ3) is 4.60. The summed E-state index contributed by atoms with van der Waals surface area (Å²) in [7, 11) is 0. The molecule has 0 aliphatic heterocycles. The van der Waals surface area contributed by atoms with Crippen molar-refractivity contribution in [1.82, 2.24) is 0 Å². The number of rotatable bonds is 5. The molecular formula is C9H14F2O2. The van der Waals surface area contributed by atoms with E-state index in [0.29, 0.717) is 13.3 Å². The second-order valence-electron chi connectivity index (χ2n) is 2.86. The lowest BCUT2D eigenvalue weighted by molar-refractivity contribution is -0.142. The lowest BCUT2D eigenvalue weighted by Crippen LogP contribution is -2.22. The van der Waals surface area contributed by atoms with Crippen LogP contribution in [0, 0.1) is 0 Å². The molecule has 76 valence electrons. The van der Waals surface area contributed by atoms with E-state index in [1.54, 1.807) is 0 Å². The summed E-state index contributed by atoms with van der Waals surface area (Å²) >= 11 is 0. The third-order valence-electron chi connectivity index (χ3n) is 1.51. The highest BCUT2D eigenvalue weighted by molar-refractivity contribution is 5.89. The Morgan fingerprint density at radius 3 is 2.46 bits per heavy atom. The smallest absolute Gasteiger partial charge is 0.339 e. The summed E-state index contributed by atoms with van der Waals surface area (Å²) in [4.78, 5) is 10.9. The molecule has 0 aliphatic carbocycles. The van der Waals surface area contributed by atoms with Gasteiger partial charge >= 0.3 is 5.97 Å². The van der Waals surface area contributed by atoms with Gasteiger partial charge in [-0.3, -0.25) is 0 Å². The number of carbonyl (C=O) groups excluding carboxylic acids is 1. The third-order valence-corrected chi connectivity index (χ3v) is 1.51. The van der Waals surface area contributed by atoms with Crippen LogP contribution in [0.3, 0.4) is 0 Å². The molecule has 0 aliphatic rings. The van der Waals surface area contributed by atoms with E-state index in [4.69, 9.17) is 0 Å². The van der Waals surface area contributed by atoms with Gasteiger partial charge < -0.3 is 4.74 Å². The topological polar surface area (TPSA) is 26.3 Å². The molecule has 0 saturated heterocycles. The molecule has 0 aromatic heterocycles. The molecule has 0 radical (unpaired) electrons. The minimum absolute atomic E-state index is 0.171. The summed E-state index contributed by atoms with van der Waals surface area (Å²) in [5.74, 6) is -4.20. The molecule has 0 atom stereocenters. The van der Waals surface area contributed by atoms with Crippen molar-refractivity contribution in [2.75, 3.05) is 6.61 Å². The fourth-order valence-corrected chi connectivity index (χ4v) is 0.576. The van der Waals surface area contributed by atoms with Gasteiger partial charge in [-0.25, -0.2) is 13.6 Å². The standard InChI is InChI=1S/C9H14F2O2/c1-4-5-6-13-8(12)7(2)9(3,10)11/h2,4-6H2,1,3H3. The first kappa shape index (κ1) is 12.1. The van der Waals surface area contributed by atoms with Crippen LogP contribution < -0.4 is 0 Å². The minimum atomic E-state index is -3.19. The molecule has 0 fully saturated rings. The molecule has 4 heteroatoms. The zero-order chi connectivity index (χ0) is 10.5. The van der Waals surface area contributed by atoms with E-state index in [9.17, 15) is 13.6 Å². The molecule has 0 aromatic carbocycles. The van der Waals surface area contributed by atoms with E-state index < -0.39 is 17.5 Å². The number of carbonyl (C=O) groups is 1. The number of hydrogen-bond acceptors (Lipinski definition) is 2. The Kier molecular flexibility index (Phi) is 4.59. The molecule has 0 aromatic rings. The van der Waals surface area contributed by atoms with Crippen molar-refractivity contribution in [2.24, 2.45) is 0 Å². The molecular weight excluding hydrogens is 178 g/mol. The highest BCUT2D eigenvalue weighted by atomic mass is 19.3. The lowest BCUT2D eigenvalue weighted by Gasteiger charge is -2.12. The largest absolute Gasteiger partial charge is 0.462 e. The Balaban J connectivity index is 3.92. The Hall–Kier alpha value is -0.930. The molecule has 0 heterocycles. The minimum Gasteiger partial charge on any atom is -0.462 e. The number of esters is 1. The zero-order valence-electron chi connectivity index (χ0n) is 7.90. The van der Waals surface area contributed by atoms with Crippen molar-refractivity contribution in [1.29, 1.82) is 0 Å². The zero-order valence-corrected chi connectivity index (χ0v) is 7.90. The van der Waals surface area contributed by atoms with Crippen molar-refractivity contribution < 1.29 is 18.3 Å². The molecule has 2 nitrogen and oxygen atoms in total. The van der Waals surface area contributed by atoms with E-state index in [1.807, 2.05) is 6.92 Å². The van der Waals surface area contributed by atoms with E-state index in [0.717, 1.165) is 6.42 Å². The average Bonchev–Trinajstić information content (AvgIpc) is 2.01. The first-order valence-electron chi connectivity index (χ1n) is 4.14. The van der Waals surface area contributed by atoms with Crippen molar-refractivity contribution in [2.45, 2.75) is 32.6 Å². The molecule has 0 spiro atoms. The normalized spacial score (nSPS) is 11.1. The SMILES string of the molecule is C=C(C(=O)OCCCC)C(C)(F)F. The van der Waals surface area contributed by atoms with Gasteiger partial charge in [-0.05, 0) is 6.42 Å². The number of unbranched alkanes of at least 4 members (excludes halogenated alkanes) is 1. The monoisotopic (exact) mass is 192 g/mol. The maximum absolute atomic E-state index is 12.5. The number of ether oxygens (including phenoxy) is 1. The van der Waals surface area contributed by atoms with Crippen LogP contribution in [0.2, 0.25) is 0 Å². The molecule has 0 amide bonds. The highest BCUT2D eigenvalue weighted by Crippen LogP contribution is 2.22. The molecule has 0 bridgehead atoms. The summed E-state index contributed by atoms with van der Waals surface area (Å²) in [5, 5.41) is 0. The summed E-state index contributed by atoms with van der Waals surface area (Å²) in [5.41, 5.74) is -0.788. The first-order chi connectivity index (χ1) is 5.89. The van der Waals surface area contributed by atoms with E-state index in [-0.39, 0.29) is 6.61 Å². The van der Waals surface area contributed by atoms with Crippen molar-refractivity contribution in [3.8, 4) is 0 Å². The van der Waals surface area contributed by atoms with Gasteiger partial charge in [-0.1, -0.05) is 19.9 Å². The number of hydrogen-bond donors (Lipinski definition) is 0. The fourth-order valence-electron chi connectivity index (χ4n) is 0.576. The van der Waals surface area contributed by atoms with Crippen molar-refractivity contribution in [3.05, 3.63) is 12.2 Å². The van der Waals surface area contributed by atoms with Gasteiger partial charge in [-0.15, -0.1) is 0 Å². The highest BCUT2D eigenvalue weighted by Gasteiger charge is 2.32. The van der Waals surface area contributed by atoms with Crippen molar-refractivity contribution in [3.63, 3.8) is 0 Å². The Morgan fingerprint density at radius 1 is 1.54 bits per heavy atom. The molecule has 0 saturated carbocycles. The van der Waals surface area contributed by atoms with E-state index in [1.165, 1.54) is 0 Å². The second kappa shape index (κ2) is 4.94. The van der Waals surface area contributed by atoms with Crippen LogP contribution in [-0.4, -0.2) is 18.5 Å². The number of halogens is 2. The summed E-state index contributed by atoms with van der Waals surface area (Å²) < 4.78 is 29.5. The molecule has 0 N–H and O–H groups in total. The van der Waals surface area contributed by atoms with Gasteiger partial charge in [0.25, 0.3) is 5.92 Å². The van der Waals surface area contributed by atoms with Crippen LogP contribution in [0.1, 0.15) is 26.7 Å². The second-order valence-corrected chi connectivity index (χ2v) is 2.86. The summed E-state index contributed by atoms with van der Waals surface area (Å²) in [6, 6.07) is 0. The van der Waals surface area contributed by atoms with Gasteiger partial charge in [0.05, 0.1) is 12.2 Å². The van der Waals surface area contributed by atoms with Gasteiger partial charge in [0.1, 0.15) is 0 Å². The van der Waals surface area contributed by atoms with Gasteiger partial charge in [-0.2, -0.15) is 0 Å². The van der Waals surface area contributed by atoms with E-state index in [2.05, 4.69) is 11.3 Å². The predicted molar refractivity (Wildman–Crippen MR) is 45.6 cm³/mol. The van der Waals surface area contributed by atoms with Crippen LogP contribution in [0.15, 0.2) is 12.2 Å². The Bertz CT molecular complexity index is 194. The van der Waals surface area contributed by atoms with Crippen molar-refractivity contribution >= 4 is 5.97 Å². The van der Waals surface area contributed by atoms with Crippen LogP contribution in [0.5, 0.6) is 0 Å². The average molecular weight is 192 g/mol. The molecule has 0 rings (SSSR count). The summed E-state index contributed by atoms with van der Waals surface area (Å²) in [6.45, 7) is 5.69. The Morgan fingerprint density at radius 2 is 2.08 bits per heavy atom. The van der Waals surface area contributed by atoms with Crippen LogP contribution >= 0.6 is 0 Å². The molecule has 13 heavy (non-hydrogen) atoms. The molecule has 0 unspecified atom stereocenters. The van der Waals surface area contributed by atoms with Gasteiger partial charge in [0.15, 0.2) is 0 Å².